The van der Waals surface area contributed by atoms with Crippen LogP contribution < -0.4 is 27.4 Å². The average Bonchev–Trinajstić information content (AvgIpc) is 2.68. The number of nitrogens with two attached hydrogens (primary N) is 2. The Kier molecular flexibility index (Phi) is 13.6. The summed E-state index contributed by atoms with van der Waals surface area (Å²) in [7, 11) is 0. The number of amides is 3. The van der Waals surface area contributed by atoms with Gasteiger partial charge in [0.15, 0.2) is 0 Å². The highest BCUT2D eigenvalue weighted by molar-refractivity contribution is 5.94. The number of carboxylic acid groups (broad SMARTS) is 1. The van der Waals surface area contributed by atoms with E-state index in [1.807, 2.05) is 13.8 Å². The van der Waals surface area contributed by atoms with Crippen LogP contribution in [0.4, 0.5) is 0 Å². The van der Waals surface area contributed by atoms with E-state index in [0.29, 0.717) is 19.4 Å². The zero-order valence-electron chi connectivity index (χ0n) is 18.9. The zero-order chi connectivity index (χ0) is 24.1. The van der Waals surface area contributed by atoms with Gasteiger partial charge in [0.05, 0.1) is 6.61 Å². The predicted molar refractivity (Wildman–Crippen MR) is 116 cm³/mol. The van der Waals surface area contributed by atoms with E-state index in [1.54, 1.807) is 13.8 Å². The largest absolute Gasteiger partial charge is 0.480 e. The third-order valence-corrected chi connectivity index (χ3v) is 4.68. The molecule has 0 saturated carbocycles. The summed E-state index contributed by atoms with van der Waals surface area (Å²) in [5.74, 6) is -3.34. The molecule has 11 heteroatoms. The summed E-state index contributed by atoms with van der Waals surface area (Å²) in [4.78, 5) is 49.1. The van der Waals surface area contributed by atoms with Gasteiger partial charge in [-0.2, -0.15) is 0 Å². The molecule has 0 aromatic heterocycles. The number of hydrogen-bond donors (Lipinski definition) is 7. The van der Waals surface area contributed by atoms with Gasteiger partial charge in [-0.05, 0) is 44.1 Å². The van der Waals surface area contributed by atoms with Crippen LogP contribution in [0.5, 0.6) is 0 Å². The van der Waals surface area contributed by atoms with Crippen LogP contribution in [0.1, 0.15) is 53.4 Å². The lowest BCUT2D eigenvalue weighted by molar-refractivity contribution is -0.143. The third-order valence-electron chi connectivity index (χ3n) is 4.68. The van der Waals surface area contributed by atoms with E-state index in [1.165, 1.54) is 0 Å². The Hall–Kier alpha value is -2.24. The van der Waals surface area contributed by atoms with Crippen molar-refractivity contribution in [3.8, 4) is 0 Å². The molecule has 31 heavy (non-hydrogen) atoms. The molecule has 0 rings (SSSR count). The Morgan fingerprint density at radius 3 is 1.90 bits per heavy atom. The maximum absolute atomic E-state index is 12.8. The number of hydrogen-bond acceptors (Lipinski definition) is 7. The van der Waals surface area contributed by atoms with Crippen molar-refractivity contribution in [2.45, 2.75) is 77.5 Å². The van der Waals surface area contributed by atoms with Crippen molar-refractivity contribution in [1.29, 1.82) is 0 Å². The lowest BCUT2D eigenvalue weighted by atomic mass is 10.0. The molecule has 0 aliphatic rings. The lowest BCUT2D eigenvalue weighted by Crippen LogP contribution is -2.58. The van der Waals surface area contributed by atoms with Crippen molar-refractivity contribution in [3.05, 3.63) is 0 Å². The highest BCUT2D eigenvalue weighted by Gasteiger charge is 2.31. The van der Waals surface area contributed by atoms with Gasteiger partial charge < -0.3 is 37.6 Å². The molecule has 9 N–H and O–H groups in total. The van der Waals surface area contributed by atoms with Crippen LogP contribution in [0.25, 0.3) is 0 Å². The molecular formula is C20H39N5O6. The average molecular weight is 446 g/mol. The zero-order valence-corrected chi connectivity index (χ0v) is 18.9. The highest BCUT2D eigenvalue weighted by atomic mass is 16.4. The van der Waals surface area contributed by atoms with Crippen molar-refractivity contribution in [2.24, 2.45) is 23.3 Å². The molecule has 0 aromatic rings. The van der Waals surface area contributed by atoms with Crippen LogP contribution in [-0.2, 0) is 19.2 Å². The first-order chi connectivity index (χ1) is 14.4. The molecule has 0 saturated heterocycles. The van der Waals surface area contributed by atoms with Crippen molar-refractivity contribution in [2.75, 3.05) is 13.2 Å². The summed E-state index contributed by atoms with van der Waals surface area (Å²) in [6.07, 6.45) is 1.68. The van der Waals surface area contributed by atoms with E-state index in [0.717, 1.165) is 0 Å². The van der Waals surface area contributed by atoms with Gasteiger partial charge in [0, 0.05) is 0 Å². The first kappa shape index (κ1) is 28.8. The van der Waals surface area contributed by atoms with Crippen molar-refractivity contribution in [1.82, 2.24) is 16.0 Å². The van der Waals surface area contributed by atoms with E-state index < -0.39 is 54.5 Å². The topological polar surface area (TPSA) is 197 Å². The van der Waals surface area contributed by atoms with Crippen LogP contribution in [0.3, 0.4) is 0 Å². The van der Waals surface area contributed by atoms with E-state index in [-0.39, 0.29) is 24.7 Å². The van der Waals surface area contributed by atoms with Gasteiger partial charge in [0.25, 0.3) is 0 Å². The Morgan fingerprint density at radius 2 is 1.45 bits per heavy atom. The molecule has 4 atom stereocenters. The molecule has 4 unspecified atom stereocenters. The summed E-state index contributed by atoms with van der Waals surface area (Å²) < 4.78 is 0. The molecule has 0 fully saturated rings. The maximum atomic E-state index is 12.8. The molecule has 180 valence electrons. The summed E-state index contributed by atoms with van der Waals surface area (Å²) in [6, 6.07) is -4.23. The number of aliphatic hydroxyl groups excluding tert-OH is 1. The van der Waals surface area contributed by atoms with Crippen LogP contribution in [-0.4, -0.2) is 71.2 Å². The van der Waals surface area contributed by atoms with Crippen LogP contribution in [0, 0.1) is 11.8 Å². The number of nitrogens with one attached hydrogen (secondary N) is 3. The number of aliphatic hydroxyl groups is 1. The minimum absolute atomic E-state index is 0.0444. The van der Waals surface area contributed by atoms with Gasteiger partial charge in [-0.1, -0.05) is 27.7 Å². The Bertz CT molecular complexity index is 599. The second-order valence-corrected chi connectivity index (χ2v) is 8.39. The van der Waals surface area contributed by atoms with Gasteiger partial charge in [-0.15, -0.1) is 0 Å². The van der Waals surface area contributed by atoms with Gasteiger partial charge in [0.1, 0.15) is 24.2 Å². The summed E-state index contributed by atoms with van der Waals surface area (Å²) in [5.41, 5.74) is 11.0. The number of carbonyl (C=O) groups excluding carboxylic acids is 3. The van der Waals surface area contributed by atoms with Gasteiger partial charge in [-0.3, -0.25) is 14.4 Å². The van der Waals surface area contributed by atoms with Gasteiger partial charge >= 0.3 is 5.97 Å². The van der Waals surface area contributed by atoms with Crippen LogP contribution >= 0.6 is 0 Å². The number of unbranched alkanes of at least 4 members (excludes halogenated alkanes) is 1. The monoisotopic (exact) mass is 445 g/mol. The summed E-state index contributed by atoms with van der Waals surface area (Å²) in [6.45, 7) is 6.94. The van der Waals surface area contributed by atoms with Crippen LogP contribution in [0.2, 0.25) is 0 Å². The maximum Gasteiger partial charge on any atom is 0.326 e. The first-order valence-corrected chi connectivity index (χ1v) is 10.6. The smallest absolute Gasteiger partial charge is 0.326 e. The third kappa shape index (κ3) is 11.1. The normalized spacial score (nSPS) is 15.1. The van der Waals surface area contributed by atoms with Gasteiger partial charge in [-0.25, -0.2) is 4.79 Å². The minimum atomic E-state index is -1.18. The molecule has 0 aliphatic heterocycles. The number of carboxylic acids is 1. The Balaban J connectivity index is 5.40. The van der Waals surface area contributed by atoms with E-state index in [9.17, 15) is 24.3 Å². The Labute approximate surface area is 183 Å². The molecule has 0 aromatic carbocycles. The Morgan fingerprint density at radius 1 is 0.871 bits per heavy atom. The SMILES string of the molecule is CC(C)CC(NC(=O)C(CCCCN)NC(=O)C(NC(=O)C(N)CO)C(C)C)C(=O)O. The van der Waals surface area contributed by atoms with E-state index in [2.05, 4.69) is 16.0 Å². The fraction of sp³-hybridized carbons (Fsp3) is 0.800. The molecule has 0 aliphatic carbocycles. The lowest BCUT2D eigenvalue weighted by Gasteiger charge is -2.27. The van der Waals surface area contributed by atoms with Crippen LogP contribution in [0.15, 0.2) is 0 Å². The number of rotatable bonds is 15. The molecule has 0 spiro atoms. The standard InChI is InChI=1S/C20H39N5O6/c1-11(2)9-15(20(30)31)24-18(28)14(7-5-6-8-21)23-19(29)16(12(3)4)25-17(27)13(22)10-26/h11-16,26H,5-10,21-22H2,1-4H3,(H,23,29)(H,24,28)(H,25,27)(H,30,31). The van der Waals surface area contributed by atoms with Crippen molar-refractivity contribution in [3.63, 3.8) is 0 Å². The van der Waals surface area contributed by atoms with Crippen molar-refractivity contribution < 1.29 is 29.4 Å². The van der Waals surface area contributed by atoms with Crippen molar-refractivity contribution >= 4 is 23.7 Å². The minimum Gasteiger partial charge on any atom is -0.480 e. The van der Waals surface area contributed by atoms with Gasteiger partial charge in [0.2, 0.25) is 17.7 Å². The molecule has 11 nitrogen and oxygen atoms in total. The summed E-state index contributed by atoms with van der Waals surface area (Å²) >= 11 is 0. The number of aliphatic carboxylic acids is 1. The van der Waals surface area contributed by atoms with E-state index >= 15 is 0 Å². The second kappa shape index (κ2) is 14.7. The highest BCUT2D eigenvalue weighted by Crippen LogP contribution is 2.09. The predicted octanol–water partition coefficient (Wildman–Crippen LogP) is -1.32. The molecule has 0 bridgehead atoms. The fourth-order valence-electron chi connectivity index (χ4n) is 2.87. The molecule has 0 heterocycles. The second-order valence-electron chi connectivity index (χ2n) is 8.39. The van der Waals surface area contributed by atoms with E-state index in [4.69, 9.17) is 16.6 Å². The number of carbonyl (C=O) groups is 4. The fourth-order valence-corrected chi connectivity index (χ4v) is 2.87. The molecule has 0 radical (unpaired) electrons. The molecular weight excluding hydrogens is 406 g/mol. The molecule has 3 amide bonds. The first-order valence-electron chi connectivity index (χ1n) is 10.6. The quantitative estimate of drug-likeness (QED) is 0.150. The summed E-state index contributed by atoms with van der Waals surface area (Å²) in [5, 5.41) is 26.0.